The lowest BCUT2D eigenvalue weighted by atomic mass is 10.1. The monoisotopic (exact) mass is 234 g/mol. The predicted octanol–water partition coefficient (Wildman–Crippen LogP) is 1.82. The average Bonchev–Trinajstić information content (AvgIpc) is 2.34. The lowest BCUT2D eigenvalue weighted by Gasteiger charge is -2.25. The van der Waals surface area contributed by atoms with Crippen molar-refractivity contribution in [2.75, 3.05) is 18.4 Å². The van der Waals surface area contributed by atoms with Gasteiger partial charge in [0.25, 0.3) is 0 Å². The van der Waals surface area contributed by atoms with E-state index in [0.29, 0.717) is 6.04 Å². The third kappa shape index (κ3) is 2.94. The molecule has 0 aliphatic carbocycles. The van der Waals surface area contributed by atoms with Crippen LogP contribution in [0.25, 0.3) is 0 Å². The maximum absolute atomic E-state index is 4.53. The Labute approximate surface area is 103 Å². The van der Waals surface area contributed by atoms with Gasteiger partial charge in [-0.3, -0.25) is 0 Å². The van der Waals surface area contributed by atoms with Crippen LogP contribution in [0.3, 0.4) is 0 Å². The van der Waals surface area contributed by atoms with Gasteiger partial charge in [0, 0.05) is 23.8 Å². The summed E-state index contributed by atoms with van der Waals surface area (Å²) in [5.74, 6) is 1.88. The van der Waals surface area contributed by atoms with Crippen LogP contribution in [-0.4, -0.2) is 29.1 Å². The van der Waals surface area contributed by atoms with Crippen LogP contribution in [0.5, 0.6) is 0 Å². The second-order valence-corrected chi connectivity index (χ2v) is 4.73. The summed E-state index contributed by atoms with van der Waals surface area (Å²) in [4.78, 5) is 9.00. The van der Waals surface area contributed by atoms with Crippen LogP contribution in [0.1, 0.15) is 36.8 Å². The second kappa shape index (κ2) is 5.45. The molecule has 94 valence electrons. The predicted molar refractivity (Wildman–Crippen MR) is 70.4 cm³/mol. The number of nitrogens with one attached hydrogen (secondary N) is 2. The fourth-order valence-electron chi connectivity index (χ4n) is 2.34. The van der Waals surface area contributed by atoms with Crippen LogP contribution in [0.2, 0.25) is 0 Å². The maximum Gasteiger partial charge on any atom is 0.133 e. The Bertz CT molecular complexity index is 383. The van der Waals surface area contributed by atoms with Crippen LogP contribution in [0, 0.1) is 13.8 Å². The average molecular weight is 234 g/mol. The van der Waals surface area contributed by atoms with E-state index in [1.165, 1.54) is 18.4 Å². The normalized spacial score (nSPS) is 20.3. The van der Waals surface area contributed by atoms with E-state index in [9.17, 15) is 0 Å². The van der Waals surface area contributed by atoms with Crippen molar-refractivity contribution in [3.63, 3.8) is 0 Å². The van der Waals surface area contributed by atoms with Gasteiger partial charge in [-0.1, -0.05) is 6.92 Å². The van der Waals surface area contributed by atoms with E-state index < -0.39 is 0 Å². The standard InChI is InChI=1S/C13H22N4/c1-4-12-9(2)13(16-10(3)15-12)17-11-6-5-7-14-8-11/h11,14H,4-8H2,1-3H3,(H,15,16,17). The van der Waals surface area contributed by atoms with Gasteiger partial charge in [0.2, 0.25) is 0 Å². The summed E-state index contributed by atoms with van der Waals surface area (Å²) in [6, 6.07) is 0.501. The minimum atomic E-state index is 0.501. The summed E-state index contributed by atoms with van der Waals surface area (Å²) in [6.45, 7) is 8.38. The largest absolute Gasteiger partial charge is 0.366 e. The third-order valence-corrected chi connectivity index (χ3v) is 3.33. The molecule has 1 saturated heterocycles. The molecule has 2 heterocycles. The van der Waals surface area contributed by atoms with Crippen molar-refractivity contribution >= 4 is 5.82 Å². The summed E-state index contributed by atoms with van der Waals surface area (Å²) < 4.78 is 0. The number of rotatable bonds is 3. The molecule has 0 bridgehead atoms. The zero-order chi connectivity index (χ0) is 12.3. The minimum absolute atomic E-state index is 0.501. The second-order valence-electron chi connectivity index (χ2n) is 4.73. The number of aryl methyl sites for hydroxylation is 2. The molecule has 0 spiro atoms. The molecule has 4 nitrogen and oxygen atoms in total. The number of hydrogen-bond acceptors (Lipinski definition) is 4. The Hall–Kier alpha value is -1.16. The Morgan fingerprint density at radius 3 is 2.82 bits per heavy atom. The van der Waals surface area contributed by atoms with E-state index in [-0.39, 0.29) is 0 Å². The molecule has 17 heavy (non-hydrogen) atoms. The van der Waals surface area contributed by atoms with Crippen LogP contribution in [-0.2, 0) is 6.42 Å². The lowest BCUT2D eigenvalue weighted by Crippen LogP contribution is -2.38. The van der Waals surface area contributed by atoms with Crippen LogP contribution in [0.4, 0.5) is 5.82 Å². The van der Waals surface area contributed by atoms with Crippen molar-refractivity contribution in [3.05, 3.63) is 17.1 Å². The van der Waals surface area contributed by atoms with Crippen LogP contribution < -0.4 is 10.6 Å². The molecule has 0 aromatic carbocycles. The zero-order valence-electron chi connectivity index (χ0n) is 11.0. The smallest absolute Gasteiger partial charge is 0.133 e. The van der Waals surface area contributed by atoms with Crippen molar-refractivity contribution in [2.24, 2.45) is 0 Å². The number of anilines is 1. The van der Waals surface area contributed by atoms with Gasteiger partial charge in [-0.15, -0.1) is 0 Å². The molecule has 2 rings (SSSR count). The van der Waals surface area contributed by atoms with Gasteiger partial charge in [0.15, 0.2) is 0 Å². The van der Waals surface area contributed by atoms with Gasteiger partial charge in [-0.2, -0.15) is 0 Å². The number of aromatic nitrogens is 2. The highest BCUT2D eigenvalue weighted by Gasteiger charge is 2.15. The molecule has 0 amide bonds. The highest BCUT2D eigenvalue weighted by molar-refractivity contribution is 5.46. The minimum Gasteiger partial charge on any atom is -0.366 e. The third-order valence-electron chi connectivity index (χ3n) is 3.33. The summed E-state index contributed by atoms with van der Waals surface area (Å²) in [5, 5.41) is 6.96. The summed E-state index contributed by atoms with van der Waals surface area (Å²) in [5.41, 5.74) is 2.35. The maximum atomic E-state index is 4.53. The van der Waals surface area contributed by atoms with E-state index >= 15 is 0 Å². The molecule has 0 saturated carbocycles. The quantitative estimate of drug-likeness (QED) is 0.837. The van der Waals surface area contributed by atoms with Crippen molar-refractivity contribution in [1.82, 2.24) is 15.3 Å². The van der Waals surface area contributed by atoms with Gasteiger partial charge in [0.1, 0.15) is 11.6 Å². The molecule has 1 aliphatic heterocycles. The van der Waals surface area contributed by atoms with Crippen molar-refractivity contribution in [2.45, 2.75) is 46.1 Å². The van der Waals surface area contributed by atoms with E-state index in [0.717, 1.165) is 36.8 Å². The first-order valence-electron chi connectivity index (χ1n) is 6.52. The summed E-state index contributed by atoms with van der Waals surface area (Å²) >= 11 is 0. The Morgan fingerprint density at radius 2 is 2.18 bits per heavy atom. The van der Waals surface area contributed by atoms with E-state index in [1.807, 2.05) is 6.92 Å². The Morgan fingerprint density at radius 1 is 1.35 bits per heavy atom. The van der Waals surface area contributed by atoms with Crippen LogP contribution in [0.15, 0.2) is 0 Å². The molecule has 1 fully saturated rings. The van der Waals surface area contributed by atoms with Crippen molar-refractivity contribution in [1.29, 1.82) is 0 Å². The van der Waals surface area contributed by atoms with Crippen molar-refractivity contribution in [3.8, 4) is 0 Å². The SMILES string of the molecule is CCc1nc(C)nc(NC2CCCNC2)c1C. The number of hydrogen-bond donors (Lipinski definition) is 2. The molecule has 2 N–H and O–H groups in total. The van der Waals surface area contributed by atoms with E-state index in [1.54, 1.807) is 0 Å². The van der Waals surface area contributed by atoms with Gasteiger partial charge in [0.05, 0.1) is 0 Å². The zero-order valence-corrected chi connectivity index (χ0v) is 11.0. The Balaban J connectivity index is 2.16. The first-order chi connectivity index (χ1) is 8.20. The summed E-state index contributed by atoms with van der Waals surface area (Å²) in [6.07, 6.45) is 3.42. The van der Waals surface area contributed by atoms with Gasteiger partial charge >= 0.3 is 0 Å². The van der Waals surface area contributed by atoms with Gasteiger partial charge in [-0.05, 0) is 39.7 Å². The van der Waals surface area contributed by atoms with Crippen molar-refractivity contribution < 1.29 is 0 Å². The van der Waals surface area contributed by atoms with Crippen LogP contribution >= 0.6 is 0 Å². The van der Waals surface area contributed by atoms with Gasteiger partial charge in [-0.25, -0.2) is 9.97 Å². The molecular weight excluding hydrogens is 212 g/mol. The molecule has 0 radical (unpaired) electrons. The lowest BCUT2D eigenvalue weighted by molar-refractivity contribution is 0.478. The molecule has 1 aromatic heterocycles. The molecule has 1 aromatic rings. The number of nitrogens with zero attached hydrogens (tertiary/aromatic N) is 2. The number of piperidine rings is 1. The topological polar surface area (TPSA) is 49.8 Å². The fraction of sp³-hybridized carbons (Fsp3) is 0.692. The highest BCUT2D eigenvalue weighted by atomic mass is 15.1. The molecule has 1 unspecified atom stereocenters. The first-order valence-corrected chi connectivity index (χ1v) is 6.52. The van der Waals surface area contributed by atoms with E-state index in [2.05, 4.69) is 34.4 Å². The molecular formula is C13H22N4. The molecule has 1 atom stereocenters. The highest BCUT2D eigenvalue weighted by Crippen LogP contribution is 2.18. The molecule has 1 aliphatic rings. The van der Waals surface area contributed by atoms with Gasteiger partial charge < -0.3 is 10.6 Å². The molecule has 4 heteroatoms. The van der Waals surface area contributed by atoms with E-state index in [4.69, 9.17) is 0 Å². The fourth-order valence-corrected chi connectivity index (χ4v) is 2.34. The first kappa shape index (κ1) is 12.3. The Kier molecular flexibility index (Phi) is 3.94. The summed E-state index contributed by atoms with van der Waals surface area (Å²) in [7, 11) is 0.